The largest absolute Gasteiger partial charge is 0.364 e. The summed E-state index contributed by atoms with van der Waals surface area (Å²) in [7, 11) is 0. The summed E-state index contributed by atoms with van der Waals surface area (Å²) in [6, 6.07) is 7.70. The standard InChI is InChI=1S/C29H45ClN2O3/c1-19(2)35-26(34)21-11-9-20(10-12-21)23(15-16-27(3,4)5)32-25(33)24(30)31-29(32)17-13-22(14-18-29)28(6,7)8/h9-12,19,22-23,26,34H,13-18H2,1-8H3/t22?,23-,26?,29?/m1/s1. The molecule has 35 heavy (non-hydrogen) atoms. The van der Waals surface area contributed by atoms with Gasteiger partial charge in [0.25, 0.3) is 5.91 Å². The van der Waals surface area contributed by atoms with Gasteiger partial charge >= 0.3 is 0 Å². The maximum Gasteiger partial charge on any atom is 0.286 e. The van der Waals surface area contributed by atoms with Crippen LogP contribution in [0, 0.1) is 16.7 Å². The number of aliphatic hydroxyl groups excluding tert-OH is 1. The van der Waals surface area contributed by atoms with Gasteiger partial charge in [-0.1, -0.05) is 77.4 Å². The first-order valence-corrected chi connectivity index (χ1v) is 13.5. The number of carbonyl (C=O) groups excluding carboxylic acids is 1. The van der Waals surface area contributed by atoms with Crippen molar-refractivity contribution in [2.75, 3.05) is 0 Å². The molecule has 0 saturated heterocycles. The fraction of sp³-hybridized carbons (Fsp3) is 0.724. The van der Waals surface area contributed by atoms with E-state index < -0.39 is 12.0 Å². The molecule has 6 heteroatoms. The van der Waals surface area contributed by atoms with Gasteiger partial charge in [-0.2, -0.15) is 0 Å². The summed E-state index contributed by atoms with van der Waals surface area (Å²) >= 11 is 6.45. The quantitative estimate of drug-likeness (QED) is 0.394. The molecular weight excluding hydrogens is 460 g/mol. The summed E-state index contributed by atoms with van der Waals surface area (Å²) in [4.78, 5) is 20.3. The lowest BCUT2D eigenvalue weighted by atomic mass is 9.69. The van der Waals surface area contributed by atoms with Crippen molar-refractivity contribution >= 4 is 22.7 Å². The third kappa shape index (κ3) is 6.67. The molecule has 2 aliphatic rings. The second kappa shape index (κ2) is 10.5. The molecule has 196 valence electrons. The average Bonchev–Trinajstić information content (AvgIpc) is 2.97. The summed E-state index contributed by atoms with van der Waals surface area (Å²) in [6.07, 6.45) is 4.47. The first kappa shape index (κ1) is 28.1. The van der Waals surface area contributed by atoms with Gasteiger partial charge in [0.05, 0.1) is 12.1 Å². The Morgan fingerprint density at radius 2 is 1.63 bits per heavy atom. The lowest BCUT2D eigenvalue weighted by Crippen LogP contribution is -2.51. The van der Waals surface area contributed by atoms with Crippen LogP contribution in [0.15, 0.2) is 29.3 Å². The van der Waals surface area contributed by atoms with Crippen LogP contribution in [-0.4, -0.2) is 32.9 Å². The molecule has 5 nitrogen and oxygen atoms in total. The molecule has 1 fully saturated rings. The summed E-state index contributed by atoms with van der Waals surface area (Å²) in [6.45, 7) is 17.4. The van der Waals surface area contributed by atoms with Gasteiger partial charge in [-0.25, -0.2) is 4.99 Å². The molecular formula is C29H45ClN2O3. The van der Waals surface area contributed by atoms with E-state index in [1.807, 2.05) is 43.0 Å². The molecule has 1 heterocycles. The summed E-state index contributed by atoms with van der Waals surface area (Å²) in [5, 5.41) is 10.5. The van der Waals surface area contributed by atoms with E-state index in [-0.39, 0.29) is 34.1 Å². The van der Waals surface area contributed by atoms with Crippen molar-refractivity contribution in [3.63, 3.8) is 0 Å². The molecule has 2 atom stereocenters. The van der Waals surface area contributed by atoms with Crippen molar-refractivity contribution in [2.45, 2.75) is 118 Å². The van der Waals surface area contributed by atoms with E-state index in [1.54, 1.807) is 0 Å². The maximum atomic E-state index is 13.5. The maximum absolute atomic E-state index is 13.5. The van der Waals surface area contributed by atoms with Crippen LogP contribution in [0.5, 0.6) is 0 Å². The third-order valence-corrected chi connectivity index (χ3v) is 7.89. The predicted molar refractivity (Wildman–Crippen MR) is 143 cm³/mol. The Morgan fingerprint density at radius 3 is 2.11 bits per heavy atom. The molecule has 1 aromatic carbocycles. The number of halogens is 1. The summed E-state index contributed by atoms with van der Waals surface area (Å²) in [5.41, 5.74) is 1.55. The van der Waals surface area contributed by atoms with Crippen LogP contribution < -0.4 is 0 Å². The topological polar surface area (TPSA) is 62.1 Å². The van der Waals surface area contributed by atoms with Gasteiger partial charge in [-0.15, -0.1) is 0 Å². The number of amides is 1. The van der Waals surface area contributed by atoms with E-state index in [0.717, 1.165) is 44.1 Å². The van der Waals surface area contributed by atoms with Gasteiger partial charge in [-0.3, -0.25) is 4.79 Å². The van der Waals surface area contributed by atoms with Crippen LogP contribution in [-0.2, 0) is 9.53 Å². The Balaban J connectivity index is 1.94. The van der Waals surface area contributed by atoms with Crippen molar-refractivity contribution in [1.82, 2.24) is 4.90 Å². The Bertz CT molecular complexity index is 903. The van der Waals surface area contributed by atoms with Crippen LogP contribution >= 0.6 is 11.6 Å². The highest BCUT2D eigenvalue weighted by molar-refractivity contribution is 6.83. The van der Waals surface area contributed by atoms with Gasteiger partial charge in [0, 0.05) is 5.56 Å². The first-order valence-electron chi connectivity index (χ1n) is 13.2. The average molecular weight is 505 g/mol. The number of aliphatic hydroxyl groups is 1. The third-order valence-electron chi connectivity index (χ3n) is 7.65. The molecule has 1 amide bonds. The molecule has 1 aliphatic carbocycles. The van der Waals surface area contributed by atoms with Crippen molar-refractivity contribution in [2.24, 2.45) is 21.7 Å². The van der Waals surface area contributed by atoms with Crippen molar-refractivity contribution in [3.05, 3.63) is 35.4 Å². The second-order valence-electron chi connectivity index (χ2n) is 13.0. The SMILES string of the molecule is CC(C)OC(O)c1ccc([C@@H](CCC(C)(C)C)N2C(=O)C(Cl)=NC23CCC(C(C)(C)C)CC3)cc1. The Morgan fingerprint density at radius 1 is 1.09 bits per heavy atom. The summed E-state index contributed by atoms with van der Waals surface area (Å²) in [5.74, 6) is 0.446. The van der Waals surface area contributed by atoms with Crippen molar-refractivity contribution in [1.29, 1.82) is 0 Å². The molecule has 1 spiro atoms. The highest BCUT2D eigenvalue weighted by Gasteiger charge is 2.52. The van der Waals surface area contributed by atoms with E-state index >= 15 is 0 Å². The fourth-order valence-electron chi connectivity index (χ4n) is 5.54. The highest BCUT2D eigenvalue weighted by atomic mass is 35.5. The second-order valence-corrected chi connectivity index (χ2v) is 13.4. The highest BCUT2D eigenvalue weighted by Crippen LogP contribution is 2.50. The van der Waals surface area contributed by atoms with Crippen molar-refractivity contribution < 1.29 is 14.6 Å². The molecule has 1 aliphatic heterocycles. The van der Waals surface area contributed by atoms with Crippen LogP contribution in [0.1, 0.15) is 117 Å². The molecule has 1 saturated carbocycles. The minimum absolute atomic E-state index is 0.0752. The summed E-state index contributed by atoms with van der Waals surface area (Å²) < 4.78 is 5.54. The Kier molecular flexibility index (Phi) is 8.45. The number of benzene rings is 1. The number of hydrogen-bond donors (Lipinski definition) is 1. The predicted octanol–water partition coefficient (Wildman–Crippen LogP) is 7.38. The van der Waals surface area contributed by atoms with E-state index in [1.165, 1.54) is 0 Å². The molecule has 0 bridgehead atoms. The zero-order chi connectivity index (χ0) is 26.2. The van der Waals surface area contributed by atoms with Crippen LogP contribution in [0.25, 0.3) is 0 Å². The molecule has 1 N–H and O–H groups in total. The van der Waals surface area contributed by atoms with E-state index in [2.05, 4.69) is 41.5 Å². The molecule has 3 rings (SSSR count). The zero-order valence-electron chi connectivity index (χ0n) is 22.9. The lowest BCUT2D eigenvalue weighted by Gasteiger charge is -2.47. The number of nitrogens with zero attached hydrogens (tertiary/aromatic N) is 2. The van der Waals surface area contributed by atoms with Gasteiger partial charge in [0.15, 0.2) is 11.5 Å². The van der Waals surface area contributed by atoms with E-state index in [0.29, 0.717) is 11.5 Å². The van der Waals surface area contributed by atoms with Gasteiger partial charge in [0.2, 0.25) is 0 Å². The Hall–Kier alpha value is -1.43. The van der Waals surface area contributed by atoms with Gasteiger partial charge in [-0.05, 0) is 74.7 Å². The minimum atomic E-state index is -0.970. The smallest absolute Gasteiger partial charge is 0.286 e. The monoisotopic (exact) mass is 504 g/mol. The molecule has 0 aromatic heterocycles. The fourth-order valence-corrected chi connectivity index (χ4v) is 5.79. The minimum Gasteiger partial charge on any atom is -0.364 e. The lowest BCUT2D eigenvalue weighted by molar-refractivity contribution is -0.134. The zero-order valence-corrected chi connectivity index (χ0v) is 23.7. The van der Waals surface area contributed by atoms with Crippen LogP contribution in [0.3, 0.4) is 0 Å². The number of hydrogen-bond acceptors (Lipinski definition) is 4. The molecule has 1 aromatic rings. The van der Waals surface area contributed by atoms with Crippen LogP contribution in [0.4, 0.5) is 0 Å². The molecule has 1 unspecified atom stereocenters. The Labute approximate surface area is 217 Å². The number of rotatable bonds is 7. The number of carbonyl (C=O) groups is 1. The number of aliphatic imine (C=N–C) groups is 1. The van der Waals surface area contributed by atoms with Crippen molar-refractivity contribution in [3.8, 4) is 0 Å². The van der Waals surface area contributed by atoms with Gasteiger partial charge < -0.3 is 14.7 Å². The molecule has 0 radical (unpaired) electrons. The normalized spacial score (nSPS) is 25.3. The first-order chi connectivity index (χ1) is 16.1. The van der Waals surface area contributed by atoms with Gasteiger partial charge in [0.1, 0.15) is 5.66 Å². The van der Waals surface area contributed by atoms with E-state index in [9.17, 15) is 9.90 Å². The van der Waals surface area contributed by atoms with Crippen LogP contribution in [0.2, 0.25) is 0 Å². The number of ether oxygens (including phenoxy) is 1. The van der Waals surface area contributed by atoms with E-state index in [4.69, 9.17) is 21.3 Å².